The molecule has 0 aliphatic rings. The molecule has 0 fully saturated rings. The van der Waals surface area contributed by atoms with Gasteiger partial charge in [0.2, 0.25) is 0 Å². The van der Waals surface area contributed by atoms with Crippen molar-refractivity contribution >= 4 is 0 Å². The molecule has 0 aromatic carbocycles. The van der Waals surface area contributed by atoms with Gasteiger partial charge in [0, 0.05) is 19.1 Å². The van der Waals surface area contributed by atoms with Crippen molar-refractivity contribution in [3.63, 3.8) is 0 Å². The largest absolute Gasteiger partial charge is 0.384 e. The molecule has 0 radical (unpaired) electrons. The first kappa shape index (κ1) is 13.9. The molecule has 0 aliphatic carbocycles. The van der Waals surface area contributed by atoms with Crippen LogP contribution in [0.1, 0.15) is 46.0 Å². The van der Waals surface area contributed by atoms with Gasteiger partial charge in [-0.2, -0.15) is 0 Å². The lowest BCUT2D eigenvalue weighted by Gasteiger charge is -2.28. The second-order valence-corrected chi connectivity index (χ2v) is 4.58. The van der Waals surface area contributed by atoms with Gasteiger partial charge in [0.05, 0.1) is 6.61 Å². The predicted molar refractivity (Wildman–Crippen MR) is 62.7 cm³/mol. The van der Waals surface area contributed by atoms with Gasteiger partial charge in [0.25, 0.3) is 0 Å². The SMILES string of the molecule is CCCCCCC(C)(CNC)COC. The summed E-state index contributed by atoms with van der Waals surface area (Å²) in [5.41, 5.74) is 0.317. The van der Waals surface area contributed by atoms with Gasteiger partial charge < -0.3 is 10.1 Å². The topological polar surface area (TPSA) is 21.3 Å². The van der Waals surface area contributed by atoms with E-state index in [1.54, 1.807) is 7.11 Å². The first-order valence-corrected chi connectivity index (χ1v) is 5.82. The van der Waals surface area contributed by atoms with Crippen LogP contribution in [0.5, 0.6) is 0 Å². The van der Waals surface area contributed by atoms with Gasteiger partial charge in [0.15, 0.2) is 0 Å². The minimum atomic E-state index is 0.317. The third kappa shape index (κ3) is 6.39. The van der Waals surface area contributed by atoms with E-state index in [0.29, 0.717) is 5.41 Å². The van der Waals surface area contributed by atoms with Gasteiger partial charge in [0.1, 0.15) is 0 Å². The Hall–Kier alpha value is -0.0800. The highest BCUT2D eigenvalue weighted by Gasteiger charge is 2.22. The van der Waals surface area contributed by atoms with Crippen LogP contribution in [0.25, 0.3) is 0 Å². The number of nitrogens with one attached hydrogen (secondary N) is 1. The molecule has 1 N–H and O–H groups in total. The second-order valence-electron chi connectivity index (χ2n) is 4.58. The molecule has 2 nitrogen and oxygen atoms in total. The Morgan fingerprint density at radius 1 is 1.21 bits per heavy atom. The highest BCUT2D eigenvalue weighted by molar-refractivity contribution is 4.75. The van der Waals surface area contributed by atoms with Crippen LogP contribution in [-0.2, 0) is 4.74 Å². The molecule has 0 amide bonds. The summed E-state index contributed by atoms with van der Waals surface area (Å²) in [6.45, 7) is 6.47. The zero-order valence-corrected chi connectivity index (χ0v) is 10.4. The molecule has 14 heavy (non-hydrogen) atoms. The number of hydrogen-bond acceptors (Lipinski definition) is 2. The molecule has 0 heterocycles. The van der Waals surface area contributed by atoms with Gasteiger partial charge in [-0.3, -0.25) is 0 Å². The molecule has 0 rings (SSSR count). The van der Waals surface area contributed by atoms with E-state index in [2.05, 4.69) is 19.2 Å². The van der Waals surface area contributed by atoms with Crippen molar-refractivity contribution in [1.82, 2.24) is 5.32 Å². The Kier molecular flexibility index (Phi) is 8.20. The molecule has 0 bridgehead atoms. The molecule has 0 spiro atoms. The van der Waals surface area contributed by atoms with Crippen LogP contribution in [0.3, 0.4) is 0 Å². The maximum atomic E-state index is 5.28. The number of ether oxygens (including phenoxy) is 1. The van der Waals surface area contributed by atoms with Crippen LogP contribution in [0, 0.1) is 5.41 Å². The van der Waals surface area contributed by atoms with E-state index in [-0.39, 0.29) is 0 Å². The predicted octanol–water partition coefficient (Wildman–Crippen LogP) is 2.83. The van der Waals surface area contributed by atoms with E-state index in [1.807, 2.05) is 7.05 Å². The average molecular weight is 201 g/mol. The quantitative estimate of drug-likeness (QED) is 0.579. The van der Waals surface area contributed by atoms with Gasteiger partial charge in [-0.05, 0) is 13.5 Å². The molecular weight excluding hydrogens is 174 g/mol. The number of unbranched alkanes of at least 4 members (excludes halogenated alkanes) is 3. The minimum Gasteiger partial charge on any atom is -0.384 e. The fourth-order valence-electron chi connectivity index (χ4n) is 1.97. The highest BCUT2D eigenvalue weighted by Crippen LogP contribution is 2.24. The lowest BCUT2D eigenvalue weighted by Crippen LogP contribution is -2.33. The monoisotopic (exact) mass is 201 g/mol. The maximum Gasteiger partial charge on any atom is 0.0528 e. The van der Waals surface area contributed by atoms with Crippen molar-refractivity contribution in [2.24, 2.45) is 5.41 Å². The van der Waals surface area contributed by atoms with Crippen molar-refractivity contribution in [3.05, 3.63) is 0 Å². The molecule has 0 saturated carbocycles. The third-order valence-electron chi connectivity index (χ3n) is 2.73. The number of hydrogen-bond donors (Lipinski definition) is 1. The van der Waals surface area contributed by atoms with Crippen LogP contribution < -0.4 is 5.32 Å². The first-order chi connectivity index (χ1) is 6.68. The van der Waals surface area contributed by atoms with Crippen molar-refractivity contribution in [1.29, 1.82) is 0 Å². The van der Waals surface area contributed by atoms with E-state index < -0.39 is 0 Å². The fourth-order valence-corrected chi connectivity index (χ4v) is 1.97. The van der Waals surface area contributed by atoms with Gasteiger partial charge in [-0.15, -0.1) is 0 Å². The molecule has 2 heteroatoms. The van der Waals surface area contributed by atoms with Gasteiger partial charge >= 0.3 is 0 Å². The smallest absolute Gasteiger partial charge is 0.0528 e. The zero-order chi connectivity index (χ0) is 10.9. The van der Waals surface area contributed by atoms with Crippen LogP contribution in [0.4, 0.5) is 0 Å². The van der Waals surface area contributed by atoms with Crippen molar-refractivity contribution in [2.75, 3.05) is 27.3 Å². The summed E-state index contributed by atoms with van der Waals surface area (Å²) < 4.78 is 5.28. The molecule has 86 valence electrons. The standard InChI is InChI=1S/C12H27NO/c1-5-6-7-8-9-12(2,10-13-3)11-14-4/h13H,5-11H2,1-4H3. The van der Waals surface area contributed by atoms with E-state index in [0.717, 1.165) is 13.2 Å². The summed E-state index contributed by atoms with van der Waals surface area (Å²) >= 11 is 0. The van der Waals surface area contributed by atoms with Crippen LogP contribution >= 0.6 is 0 Å². The molecule has 0 aromatic heterocycles. The number of methoxy groups -OCH3 is 1. The normalized spacial score (nSPS) is 15.4. The average Bonchev–Trinajstić information content (AvgIpc) is 2.13. The summed E-state index contributed by atoms with van der Waals surface area (Å²) in [5.74, 6) is 0. The van der Waals surface area contributed by atoms with Gasteiger partial charge in [-0.25, -0.2) is 0 Å². The summed E-state index contributed by atoms with van der Waals surface area (Å²) in [4.78, 5) is 0. The van der Waals surface area contributed by atoms with E-state index in [9.17, 15) is 0 Å². The summed E-state index contributed by atoms with van der Waals surface area (Å²) in [7, 11) is 3.81. The molecule has 0 aromatic rings. The Morgan fingerprint density at radius 2 is 1.93 bits per heavy atom. The van der Waals surface area contributed by atoms with E-state index >= 15 is 0 Å². The summed E-state index contributed by atoms with van der Waals surface area (Å²) in [6, 6.07) is 0. The van der Waals surface area contributed by atoms with Crippen LogP contribution in [0.15, 0.2) is 0 Å². The van der Waals surface area contributed by atoms with Crippen LogP contribution in [0.2, 0.25) is 0 Å². The Balaban J connectivity index is 3.71. The Labute approximate surface area is 89.4 Å². The van der Waals surface area contributed by atoms with Crippen molar-refractivity contribution in [2.45, 2.75) is 46.0 Å². The lowest BCUT2D eigenvalue weighted by atomic mass is 9.85. The second kappa shape index (κ2) is 8.25. The molecule has 1 atom stereocenters. The lowest BCUT2D eigenvalue weighted by molar-refractivity contribution is 0.0839. The molecular formula is C12H27NO. The summed E-state index contributed by atoms with van der Waals surface area (Å²) in [5, 5.41) is 3.25. The van der Waals surface area contributed by atoms with E-state index in [4.69, 9.17) is 4.74 Å². The zero-order valence-electron chi connectivity index (χ0n) is 10.4. The molecule has 0 saturated heterocycles. The highest BCUT2D eigenvalue weighted by atomic mass is 16.5. The summed E-state index contributed by atoms with van der Waals surface area (Å²) in [6.07, 6.45) is 6.63. The van der Waals surface area contributed by atoms with E-state index in [1.165, 1.54) is 32.1 Å². The molecule has 1 unspecified atom stereocenters. The van der Waals surface area contributed by atoms with Gasteiger partial charge in [-0.1, -0.05) is 39.5 Å². The van der Waals surface area contributed by atoms with Crippen LogP contribution in [-0.4, -0.2) is 27.3 Å². The minimum absolute atomic E-state index is 0.317. The molecule has 0 aliphatic heterocycles. The first-order valence-electron chi connectivity index (χ1n) is 5.82. The Morgan fingerprint density at radius 3 is 2.43 bits per heavy atom. The Bertz CT molecular complexity index is 119. The number of rotatable bonds is 9. The third-order valence-corrected chi connectivity index (χ3v) is 2.73. The van der Waals surface area contributed by atoms with Crippen molar-refractivity contribution in [3.8, 4) is 0 Å². The fraction of sp³-hybridized carbons (Fsp3) is 1.00. The van der Waals surface area contributed by atoms with Crippen molar-refractivity contribution < 1.29 is 4.74 Å². The maximum absolute atomic E-state index is 5.28.